The first-order valence-corrected chi connectivity index (χ1v) is 15.2. The maximum absolute atomic E-state index is 13.9. The largest absolute Gasteiger partial charge is 0.337 e. The van der Waals surface area contributed by atoms with Crippen LogP contribution in [0.15, 0.2) is 83.4 Å². The molecule has 1 aliphatic heterocycles. The fourth-order valence-corrected chi connectivity index (χ4v) is 5.53. The van der Waals surface area contributed by atoms with Crippen LogP contribution in [0, 0.1) is 0 Å². The lowest BCUT2D eigenvalue weighted by atomic mass is 10.0. The summed E-state index contributed by atoms with van der Waals surface area (Å²) in [6.07, 6.45) is 7.05. The third-order valence-electron chi connectivity index (χ3n) is 7.75. The summed E-state index contributed by atoms with van der Waals surface area (Å²) in [5, 5.41) is 4.80. The number of piperidine rings is 1. The van der Waals surface area contributed by atoms with E-state index in [9.17, 15) is 9.59 Å². The van der Waals surface area contributed by atoms with Gasteiger partial charge < -0.3 is 14.3 Å². The summed E-state index contributed by atoms with van der Waals surface area (Å²) in [7, 11) is 0. The summed E-state index contributed by atoms with van der Waals surface area (Å²) >= 11 is 6.03. The summed E-state index contributed by atoms with van der Waals surface area (Å²) in [6, 6.07) is 24.5. The number of nitrogens with zero attached hydrogens (tertiary/aromatic N) is 4. The maximum atomic E-state index is 13.9. The number of likely N-dealkylation sites (tertiary alicyclic amines) is 1. The van der Waals surface area contributed by atoms with Gasteiger partial charge in [0.25, 0.3) is 5.91 Å². The van der Waals surface area contributed by atoms with E-state index in [0.29, 0.717) is 35.4 Å². The van der Waals surface area contributed by atoms with Gasteiger partial charge in [0.05, 0.1) is 0 Å². The molecule has 1 atom stereocenters. The molecule has 5 rings (SSSR count). The van der Waals surface area contributed by atoms with Crippen molar-refractivity contribution in [3.63, 3.8) is 0 Å². The van der Waals surface area contributed by atoms with E-state index in [1.807, 2.05) is 66.7 Å². The van der Waals surface area contributed by atoms with Crippen molar-refractivity contribution in [3.8, 4) is 11.4 Å². The lowest BCUT2D eigenvalue weighted by Gasteiger charge is -2.35. The van der Waals surface area contributed by atoms with Crippen molar-refractivity contribution in [3.05, 3.63) is 106 Å². The number of halogens is 1. The average Bonchev–Trinajstić information content (AvgIpc) is 3.52. The molecule has 4 aromatic rings. The molecular weight excluding hydrogens is 548 g/mol. The molecule has 3 aromatic carbocycles. The van der Waals surface area contributed by atoms with Gasteiger partial charge in [0.15, 0.2) is 0 Å². The molecule has 8 heteroatoms. The molecule has 0 bridgehead atoms. The van der Waals surface area contributed by atoms with E-state index in [2.05, 4.69) is 17.1 Å². The van der Waals surface area contributed by atoms with Crippen molar-refractivity contribution in [2.24, 2.45) is 0 Å². The number of amides is 2. The first-order valence-electron chi connectivity index (χ1n) is 14.8. The smallest absolute Gasteiger partial charge is 0.254 e. The molecular formula is C34H37ClN4O3. The summed E-state index contributed by atoms with van der Waals surface area (Å²) in [4.78, 5) is 35.7. The van der Waals surface area contributed by atoms with Gasteiger partial charge in [-0.15, -0.1) is 0 Å². The Morgan fingerprint density at radius 1 is 0.952 bits per heavy atom. The lowest BCUT2D eigenvalue weighted by molar-refractivity contribution is -0.136. The highest BCUT2D eigenvalue weighted by Crippen LogP contribution is 2.32. The molecule has 1 aromatic heterocycles. The number of hydrogen-bond acceptors (Lipinski definition) is 5. The predicted molar refractivity (Wildman–Crippen MR) is 164 cm³/mol. The number of aryl methyl sites for hydroxylation is 1. The first kappa shape index (κ1) is 29.5. The molecule has 218 valence electrons. The zero-order chi connectivity index (χ0) is 29.3. The van der Waals surface area contributed by atoms with Crippen LogP contribution >= 0.6 is 11.6 Å². The third-order valence-corrected chi connectivity index (χ3v) is 8.00. The van der Waals surface area contributed by atoms with Gasteiger partial charge in [0.1, 0.15) is 12.6 Å². The zero-order valence-corrected chi connectivity index (χ0v) is 24.8. The number of rotatable bonds is 11. The van der Waals surface area contributed by atoms with Crippen LogP contribution in [0.4, 0.5) is 0 Å². The third kappa shape index (κ3) is 7.45. The van der Waals surface area contributed by atoms with Crippen molar-refractivity contribution < 1.29 is 14.1 Å². The van der Waals surface area contributed by atoms with Crippen LogP contribution in [0.25, 0.3) is 11.4 Å². The van der Waals surface area contributed by atoms with Crippen molar-refractivity contribution in [1.82, 2.24) is 19.9 Å². The van der Waals surface area contributed by atoms with Crippen molar-refractivity contribution in [2.45, 2.75) is 64.5 Å². The van der Waals surface area contributed by atoms with E-state index < -0.39 is 0 Å². The maximum Gasteiger partial charge on any atom is 0.254 e. The molecule has 1 saturated heterocycles. The van der Waals surface area contributed by atoms with Crippen LogP contribution in [0.2, 0.25) is 5.02 Å². The van der Waals surface area contributed by atoms with Crippen LogP contribution in [0.1, 0.15) is 78.9 Å². The minimum atomic E-state index is -0.337. The SMILES string of the molecule is CCCCCc1ccc(C(=O)N(CC(=O)N2CCCCC2c2nc(-c3ccc(Cl)cc3)no2)Cc2ccccc2)cc1. The summed E-state index contributed by atoms with van der Waals surface area (Å²) in [5.74, 6) is 0.571. The highest BCUT2D eigenvalue weighted by Gasteiger charge is 2.34. The van der Waals surface area contributed by atoms with Crippen LogP contribution in [0.5, 0.6) is 0 Å². The number of benzene rings is 3. The van der Waals surface area contributed by atoms with E-state index in [-0.39, 0.29) is 24.4 Å². The van der Waals surface area contributed by atoms with E-state index >= 15 is 0 Å². The Kier molecular flexibility index (Phi) is 10.0. The van der Waals surface area contributed by atoms with Gasteiger partial charge in [-0.05, 0) is 79.6 Å². The predicted octanol–water partition coefficient (Wildman–Crippen LogP) is 7.52. The fourth-order valence-electron chi connectivity index (χ4n) is 5.41. The Bertz CT molecular complexity index is 1450. The molecule has 0 aliphatic carbocycles. The quantitative estimate of drug-likeness (QED) is 0.170. The molecule has 2 amide bonds. The van der Waals surface area contributed by atoms with Crippen molar-refractivity contribution >= 4 is 23.4 Å². The Morgan fingerprint density at radius 3 is 2.45 bits per heavy atom. The monoisotopic (exact) mass is 584 g/mol. The number of aromatic nitrogens is 2. The van der Waals surface area contributed by atoms with E-state index in [1.165, 1.54) is 18.4 Å². The van der Waals surface area contributed by atoms with E-state index in [4.69, 9.17) is 16.1 Å². The molecule has 2 heterocycles. The number of unbranched alkanes of at least 4 members (excludes halogenated alkanes) is 2. The van der Waals surface area contributed by atoms with Gasteiger partial charge in [0.2, 0.25) is 17.6 Å². The lowest BCUT2D eigenvalue weighted by Crippen LogP contribution is -2.45. The minimum absolute atomic E-state index is 0.0410. The van der Waals surface area contributed by atoms with Crippen LogP contribution in [0.3, 0.4) is 0 Å². The van der Waals surface area contributed by atoms with E-state index in [0.717, 1.165) is 43.2 Å². The highest BCUT2D eigenvalue weighted by molar-refractivity contribution is 6.30. The topological polar surface area (TPSA) is 79.5 Å². The molecule has 7 nitrogen and oxygen atoms in total. The molecule has 0 saturated carbocycles. The van der Waals surface area contributed by atoms with Crippen molar-refractivity contribution in [1.29, 1.82) is 0 Å². The highest BCUT2D eigenvalue weighted by atomic mass is 35.5. The van der Waals surface area contributed by atoms with E-state index in [1.54, 1.807) is 21.9 Å². The molecule has 1 unspecified atom stereocenters. The fraction of sp³-hybridized carbons (Fsp3) is 0.353. The Labute approximate surface area is 252 Å². The molecule has 1 fully saturated rings. The van der Waals surface area contributed by atoms with Crippen molar-refractivity contribution in [2.75, 3.05) is 13.1 Å². The molecule has 0 radical (unpaired) electrons. The number of carbonyl (C=O) groups is 2. The second kappa shape index (κ2) is 14.3. The van der Waals surface area contributed by atoms with Crippen LogP contribution in [-0.4, -0.2) is 44.8 Å². The average molecular weight is 585 g/mol. The first-order chi connectivity index (χ1) is 20.5. The number of hydrogen-bond donors (Lipinski definition) is 0. The normalized spacial score (nSPS) is 15.0. The molecule has 1 aliphatic rings. The van der Waals surface area contributed by atoms with Gasteiger partial charge in [-0.25, -0.2) is 0 Å². The van der Waals surface area contributed by atoms with Gasteiger partial charge in [-0.3, -0.25) is 9.59 Å². The van der Waals surface area contributed by atoms with Gasteiger partial charge in [0, 0.05) is 29.2 Å². The van der Waals surface area contributed by atoms with Crippen LogP contribution in [-0.2, 0) is 17.8 Å². The minimum Gasteiger partial charge on any atom is -0.337 e. The second-order valence-corrected chi connectivity index (χ2v) is 11.3. The van der Waals surface area contributed by atoms with Gasteiger partial charge >= 0.3 is 0 Å². The standard InChI is InChI=1S/C34H37ClN4O3/c1-2-3-5-10-25-14-16-28(17-15-25)34(41)38(23-26-11-6-4-7-12-26)24-31(40)39-22-9-8-13-30(39)33-36-32(37-42-33)27-18-20-29(35)21-19-27/h4,6-7,11-12,14-21,30H,2-3,5,8-10,13,22-24H2,1H3. The molecule has 0 spiro atoms. The Balaban J connectivity index is 1.33. The number of carbonyl (C=O) groups excluding carboxylic acids is 2. The zero-order valence-electron chi connectivity index (χ0n) is 24.0. The Hall–Kier alpha value is -3.97. The molecule has 42 heavy (non-hydrogen) atoms. The van der Waals surface area contributed by atoms with Crippen LogP contribution < -0.4 is 0 Å². The summed E-state index contributed by atoms with van der Waals surface area (Å²) in [5.41, 5.74) is 3.56. The summed E-state index contributed by atoms with van der Waals surface area (Å²) in [6.45, 7) is 3.06. The summed E-state index contributed by atoms with van der Waals surface area (Å²) < 4.78 is 5.66. The van der Waals surface area contributed by atoms with Gasteiger partial charge in [-0.2, -0.15) is 4.98 Å². The van der Waals surface area contributed by atoms with Gasteiger partial charge in [-0.1, -0.05) is 79.0 Å². The Morgan fingerprint density at radius 2 is 1.71 bits per heavy atom. The molecule has 0 N–H and O–H groups in total. The second-order valence-electron chi connectivity index (χ2n) is 10.9.